The molecule has 0 aliphatic carbocycles. The van der Waals surface area contributed by atoms with Crippen LogP contribution in [0.15, 0.2) is 18.6 Å². The topological polar surface area (TPSA) is 37.8 Å². The summed E-state index contributed by atoms with van der Waals surface area (Å²) in [5.74, 6) is 4.31. The molecule has 1 aromatic heterocycles. The molecule has 4 heteroatoms. The first-order valence-electron chi connectivity index (χ1n) is 5.03. The van der Waals surface area contributed by atoms with Gasteiger partial charge in [-0.25, -0.2) is 4.98 Å². The van der Waals surface area contributed by atoms with Crippen LogP contribution in [0.25, 0.3) is 0 Å². The van der Waals surface area contributed by atoms with E-state index in [4.69, 9.17) is 0 Å². The third-order valence-electron chi connectivity index (χ3n) is 2.39. The summed E-state index contributed by atoms with van der Waals surface area (Å²) >= 11 is 2.06. The van der Waals surface area contributed by atoms with Crippen LogP contribution in [0.5, 0.6) is 0 Å². The highest BCUT2D eigenvalue weighted by Crippen LogP contribution is 2.22. The number of thioether (sulfide) groups is 1. The lowest BCUT2D eigenvalue weighted by Gasteiger charge is -2.21. The second-order valence-electron chi connectivity index (χ2n) is 3.55. The molecule has 2 rings (SSSR count). The van der Waals surface area contributed by atoms with E-state index in [1.54, 1.807) is 18.6 Å². The summed E-state index contributed by atoms with van der Waals surface area (Å²) in [6, 6.07) is 0. The quantitative estimate of drug-likeness (QED) is 0.826. The zero-order valence-corrected chi connectivity index (χ0v) is 8.96. The average Bonchev–Trinajstić information content (AvgIpc) is 2.29. The van der Waals surface area contributed by atoms with Crippen LogP contribution in [0.4, 0.5) is 5.82 Å². The van der Waals surface area contributed by atoms with Crippen LogP contribution >= 0.6 is 11.8 Å². The van der Waals surface area contributed by atoms with E-state index in [1.165, 1.54) is 24.3 Å². The van der Waals surface area contributed by atoms with Crippen LogP contribution in [0.2, 0.25) is 0 Å². The number of rotatable bonds is 3. The Balaban J connectivity index is 1.76. The van der Waals surface area contributed by atoms with Gasteiger partial charge >= 0.3 is 0 Å². The molecule has 1 fully saturated rings. The summed E-state index contributed by atoms with van der Waals surface area (Å²) < 4.78 is 0. The highest BCUT2D eigenvalue weighted by atomic mass is 32.2. The van der Waals surface area contributed by atoms with E-state index in [0.717, 1.165) is 18.3 Å². The highest BCUT2D eigenvalue weighted by Gasteiger charge is 2.13. The standard InChI is InChI=1S/C10H15N3S/c1-2-9(8-14-5-1)6-13-10-7-11-3-4-12-10/h3-4,7,9H,1-2,5-6,8H2,(H,12,13). The minimum absolute atomic E-state index is 0.802. The van der Waals surface area contributed by atoms with Gasteiger partial charge in [-0.05, 0) is 30.3 Å². The number of anilines is 1. The average molecular weight is 209 g/mol. The Morgan fingerprint density at radius 1 is 1.50 bits per heavy atom. The second kappa shape index (κ2) is 5.20. The third-order valence-corrected chi connectivity index (χ3v) is 3.67. The molecule has 0 bridgehead atoms. The molecule has 1 unspecified atom stereocenters. The van der Waals surface area contributed by atoms with Gasteiger partial charge < -0.3 is 5.32 Å². The zero-order chi connectivity index (χ0) is 9.64. The molecule has 1 aliphatic heterocycles. The van der Waals surface area contributed by atoms with E-state index in [2.05, 4.69) is 27.0 Å². The SMILES string of the molecule is c1cnc(NCC2CCCSC2)cn1. The predicted octanol–water partition coefficient (Wildman–Crippen LogP) is 2.03. The van der Waals surface area contributed by atoms with E-state index in [1.807, 2.05) is 0 Å². The molecule has 0 aromatic carbocycles. The number of hydrogen-bond acceptors (Lipinski definition) is 4. The monoisotopic (exact) mass is 209 g/mol. The smallest absolute Gasteiger partial charge is 0.144 e. The van der Waals surface area contributed by atoms with Crippen LogP contribution in [0.3, 0.4) is 0 Å². The first-order valence-corrected chi connectivity index (χ1v) is 6.18. The van der Waals surface area contributed by atoms with Crippen molar-refractivity contribution in [3.8, 4) is 0 Å². The number of nitrogens with zero attached hydrogens (tertiary/aromatic N) is 2. The Kier molecular flexibility index (Phi) is 3.63. The first kappa shape index (κ1) is 9.77. The van der Waals surface area contributed by atoms with Gasteiger partial charge in [-0.2, -0.15) is 11.8 Å². The van der Waals surface area contributed by atoms with Gasteiger partial charge in [-0.15, -0.1) is 0 Å². The molecule has 1 aromatic rings. The predicted molar refractivity (Wildman–Crippen MR) is 60.6 cm³/mol. The Bertz CT molecular complexity index is 259. The van der Waals surface area contributed by atoms with E-state index >= 15 is 0 Å². The van der Waals surface area contributed by atoms with Gasteiger partial charge in [0.05, 0.1) is 6.20 Å². The molecule has 0 radical (unpaired) electrons. The summed E-state index contributed by atoms with van der Waals surface area (Å²) in [5.41, 5.74) is 0. The van der Waals surface area contributed by atoms with Gasteiger partial charge in [-0.3, -0.25) is 4.98 Å². The van der Waals surface area contributed by atoms with Crippen molar-refractivity contribution in [2.45, 2.75) is 12.8 Å². The van der Waals surface area contributed by atoms with Crippen molar-refractivity contribution in [3.05, 3.63) is 18.6 Å². The van der Waals surface area contributed by atoms with Gasteiger partial charge in [0.2, 0.25) is 0 Å². The van der Waals surface area contributed by atoms with Crippen molar-refractivity contribution in [2.75, 3.05) is 23.4 Å². The van der Waals surface area contributed by atoms with Gasteiger partial charge in [0.25, 0.3) is 0 Å². The highest BCUT2D eigenvalue weighted by molar-refractivity contribution is 7.99. The van der Waals surface area contributed by atoms with E-state index in [9.17, 15) is 0 Å². The summed E-state index contributed by atoms with van der Waals surface area (Å²) in [5, 5.41) is 3.33. The van der Waals surface area contributed by atoms with Crippen molar-refractivity contribution in [2.24, 2.45) is 5.92 Å². The van der Waals surface area contributed by atoms with E-state index in [0.29, 0.717) is 0 Å². The van der Waals surface area contributed by atoms with Crippen LogP contribution in [0, 0.1) is 5.92 Å². The summed E-state index contributed by atoms with van der Waals surface area (Å²) in [6.07, 6.45) is 7.90. The van der Waals surface area contributed by atoms with E-state index < -0.39 is 0 Å². The second-order valence-corrected chi connectivity index (χ2v) is 4.70. The van der Waals surface area contributed by atoms with Crippen molar-refractivity contribution in [1.82, 2.24) is 9.97 Å². The summed E-state index contributed by atoms with van der Waals surface area (Å²) in [4.78, 5) is 8.20. The van der Waals surface area contributed by atoms with Gasteiger partial charge in [-0.1, -0.05) is 0 Å². The van der Waals surface area contributed by atoms with Gasteiger partial charge in [0, 0.05) is 18.9 Å². The maximum Gasteiger partial charge on any atom is 0.144 e. The Labute approximate surface area is 88.7 Å². The molecule has 1 N–H and O–H groups in total. The fourth-order valence-electron chi connectivity index (χ4n) is 1.61. The van der Waals surface area contributed by atoms with Gasteiger partial charge in [0.15, 0.2) is 0 Å². The zero-order valence-electron chi connectivity index (χ0n) is 8.15. The van der Waals surface area contributed by atoms with E-state index in [-0.39, 0.29) is 0 Å². The maximum absolute atomic E-state index is 4.18. The summed E-state index contributed by atoms with van der Waals surface area (Å²) in [6.45, 7) is 1.03. The Morgan fingerprint density at radius 3 is 3.21 bits per heavy atom. The lowest BCUT2D eigenvalue weighted by Crippen LogP contribution is -2.20. The maximum atomic E-state index is 4.18. The Hall–Kier alpha value is -0.770. The fraction of sp³-hybridized carbons (Fsp3) is 0.600. The third kappa shape index (κ3) is 2.87. The lowest BCUT2D eigenvalue weighted by molar-refractivity contribution is 0.548. The molecular weight excluding hydrogens is 194 g/mol. The summed E-state index contributed by atoms with van der Waals surface area (Å²) in [7, 11) is 0. The molecule has 3 nitrogen and oxygen atoms in total. The number of nitrogens with one attached hydrogen (secondary N) is 1. The number of hydrogen-bond donors (Lipinski definition) is 1. The molecule has 1 saturated heterocycles. The first-order chi connectivity index (χ1) is 6.95. The van der Waals surface area contributed by atoms with Crippen molar-refractivity contribution in [1.29, 1.82) is 0 Å². The minimum Gasteiger partial charge on any atom is -0.368 e. The molecule has 0 spiro atoms. The normalized spacial score (nSPS) is 21.9. The molecule has 76 valence electrons. The van der Waals surface area contributed by atoms with Crippen molar-refractivity contribution >= 4 is 17.6 Å². The van der Waals surface area contributed by atoms with Crippen LogP contribution < -0.4 is 5.32 Å². The van der Waals surface area contributed by atoms with Crippen molar-refractivity contribution in [3.63, 3.8) is 0 Å². The molecule has 1 atom stereocenters. The molecule has 2 heterocycles. The van der Waals surface area contributed by atoms with Crippen LogP contribution in [-0.4, -0.2) is 28.0 Å². The Morgan fingerprint density at radius 2 is 2.50 bits per heavy atom. The van der Waals surface area contributed by atoms with Crippen LogP contribution in [-0.2, 0) is 0 Å². The molecule has 0 amide bonds. The van der Waals surface area contributed by atoms with Crippen molar-refractivity contribution < 1.29 is 0 Å². The largest absolute Gasteiger partial charge is 0.368 e. The van der Waals surface area contributed by atoms with Gasteiger partial charge in [0.1, 0.15) is 5.82 Å². The molecule has 0 saturated carbocycles. The molecule has 1 aliphatic rings. The molecule has 14 heavy (non-hydrogen) atoms. The minimum atomic E-state index is 0.802. The lowest BCUT2D eigenvalue weighted by atomic mass is 10.1. The molecular formula is C10H15N3S. The van der Waals surface area contributed by atoms with Crippen LogP contribution in [0.1, 0.15) is 12.8 Å². The fourth-order valence-corrected chi connectivity index (χ4v) is 2.76. The number of aromatic nitrogens is 2.